The Bertz CT molecular complexity index is 1220. The highest BCUT2D eigenvalue weighted by Gasteiger charge is 2.35. The van der Waals surface area contributed by atoms with Gasteiger partial charge in [0.25, 0.3) is 0 Å². The Morgan fingerprint density at radius 2 is 1.92 bits per heavy atom. The van der Waals surface area contributed by atoms with Crippen molar-refractivity contribution in [1.82, 2.24) is 25.1 Å². The summed E-state index contributed by atoms with van der Waals surface area (Å²) < 4.78 is 0. The van der Waals surface area contributed by atoms with E-state index in [4.69, 9.17) is 9.97 Å². The minimum Gasteiger partial charge on any atom is -0.340 e. The van der Waals surface area contributed by atoms with E-state index in [1.807, 2.05) is 30.1 Å². The van der Waals surface area contributed by atoms with Crippen molar-refractivity contribution in [1.29, 1.82) is 0 Å². The molecule has 2 aliphatic carbocycles. The molecule has 1 saturated heterocycles. The number of hydrogen-bond donors (Lipinski definition) is 2. The Balaban J connectivity index is 1.23. The van der Waals surface area contributed by atoms with Gasteiger partial charge in [0.05, 0.1) is 5.69 Å². The van der Waals surface area contributed by atoms with Crippen molar-refractivity contribution in [2.45, 2.75) is 76.3 Å². The molecule has 188 valence electrons. The standard InChI is InChI=1S/C28H35N7O/c1-34(18-19-9-3-2-4-10-19)27(36)24-15-8-16-35(24)28-29-22-14-7-13-21(22)26(31-28)30-25-17-23(32-33-25)20-11-5-6-12-20/h2-4,9-10,17,20,24H,5-8,11-16,18H2,1H3,(H2,29,30,31,32,33). The molecule has 0 radical (unpaired) electrons. The SMILES string of the molecule is CN(Cc1ccccc1)C(=O)C1CCCN1c1nc2c(c(Nc3cc(C4CCCC4)[nH]n3)n1)CCC2. The van der Waals surface area contributed by atoms with Gasteiger partial charge in [-0.1, -0.05) is 43.2 Å². The van der Waals surface area contributed by atoms with Crippen LogP contribution in [-0.2, 0) is 24.2 Å². The van der Waals surface area contributed by atoms with Crippen molar-refractivity contribution in [3.8, 4) is 0 Å². The fraction of sp³-hybridized carbons (Fsp3) is 0.500. The second kappa shape index (κ2) is 9.91. The first-order valence-corrected chi connectivity index (χ1v) is 13.4. The molecule has 1 saturated carbocycles. The lowest BCUT2D eigenvalue weighted by molar-refractivity contribution is -0.131. The van der Waals surface area contributed by atoms with Crippen molar-refractivity contribution >= 4 is 23.5 Å². The molecule has 36 heavy (non-hydrogen) atoms. The molecular weight excluding hydrogens is 450 g/mol. The zero-order chi connectivity index (χ0) is 24.5. The summed E-state index contributed by atoms with van der Waals surface area (Å²) in [5.74, 6) is 3.03. The van der Waals surface area contributed by atoms with Crippen LogP contribution in [0.25, 0.3) is 0 Å². The van der Waals surface area contributed by atoms with Crippen molar-refractivity contribution in [3.63, 3.8) is 0 Å². The lowest BCUT2D eigenvalue weighted by Gasteiger charge is -2.28. The Hall–Kier alpha value is -3.42. The average molecular weight is 486 g/mol. The second-order valence-electron chi connectivity index (χ2n) is 10.5. The Morgan fingerprint density at radius 1 is 1.08 bits per heavy atom. The molecule has 2 fully saturated rings. The summed E-state index contributed by atoms with van der Waals surface area (Å²) in [5.41, 5.74) is 4.64. The van der Waals surface area contributed by atoms with Gasteiger partial charge in [-0.2, -0.15) is 10.1 Å². The van der Waals surface area contributed by atoms with Gasteiger partial charge in [-0.05, 0) is 50.5 Å². The number of rotatable bonds is 7. The number of aromatic amines is 1. The molecule has 0 spiro atoms. The first kappa shape index (κ1) is 23.0. The quantitative estimate of drug-likeness (QED) is 0.503. The average Bonchev–Trinajstić information content (AvgIpc) is 3.70. The van der Waals surface area contributed by atoms with Gasteiger partial charge >= 0.3 is 0 Å². The van der Waals surface area contributed by atoms with Crippen LogP contribution in [-0.4, -0.2) is 50.6 Å². The second-order valence-corrected chi connectivity index (χ2v) is 10.5. The number of carbonyl (C=O) groups excluding carboxylic acids is 1. The predicted molar refractivity (Wildman–Crippen MR) is 140 cm³/mol. The third-order valence-electron chi connectivity index (χ3n) is 7.99. The summed E-state index contributed by atoms with van der Waals surface area (Å²) in [6.45, 7) is 1.40. The van der Waals surface area contributed by atoms with Crippen LogP contribution >= 0.6 is 0 Å². The van der Waals surface area contributed by atoms with Crippen LogP contribution in [0.4, 0.5) is 17.6 Å². The number of H-pyrrole nitrogens is 1. The zero-order valence-electron chi connectivity index (χ0n) is 21.0. The topological polar surface area (TPSA) is 90.0 Å². The van der Waals surface area contributed by atoms with Crippen LogP contribution in [0.2, 0.25) is 0 Å². The molecule has 1 aromatic carbocycles. The number of nitrogens with one attached hydrogen (secondary N) is 2. The summed E-state index contributed by atoms with van der Waals surface area (Å²) in [6.07, 6.45) is 9.85. The molecular formula is C28H35N7O. The normalized spacial score (nSPS) is 19.6. The molecule has 2 N–H and O–H groups in total. The lowest BCUT2D eigenvalue weighted by atomic mass is 10.0. The highest BCUT2D eigenvalue weighted by molar-refractivity contribution is 5.85. The van der Waals surface area contributed by atoms with Crippen molar-refractivity contribution < 1.29 is 4.79 Å². The molecule has 3 aliphatic rings. The fourth-order valence-corrected chi connectivity index (χ4v) is 6.07. The Kier molecular flexibility index (Phi) is 6.34. The van der Waals surface area contributed by atoms with Gasteiger partial charge in [-0.15, -0.1) is 0 Å². The third-order valence-corrected chi connectivity index (χ3v) is 7.99. The van der Waals surface area contributed by atoms with Crippen LogP contribution in [0.5, 0.6) is 0 Å². The number of amides is 1. The van der Waals surface area contributed by atoms with Crippen LogP contribution in [0.3, 0.4) is 0 Å². The molecule has 2 aromatic heterocycles. The number of aromatic nitrogens is 4. The van der Waals surface area contributed by atoms with E-state index in [2.05, 4.69) is 38.6 Å². The Labute approximate surface area is 212 Å². The zero-order valence-corrected chi connectivity index (χ0v) is 21.0. The van der Waals surface area contributed by atoms with E-state index in [9.17, 15) is 4.79 Å². The van der Waals surface area contributed by atoms with E-state index in [1.165, 1.54) is 36.9 Å². The molecule has 8 heteroatoms. The van der Waals surface area contributed by atoms with Gasteiger partial charge in [0.1, 0.15) is 11.9 Å². The summed E-state index contributed by atoms with van der Waals surface area (Å²) >= 11 is 0. The van der Waals surface area contributed by atoms with Gasteiger partial charge in [-0.25, -0.2) is 4.98 Å². The van der Waals surface area contributed by atoms with Crippen LogP contribution in [0.15, 0.2) is 36.4 Å². The van der Waals surface area contributed by atoms with Gasteiger partial charge in [-0.3, -0.25) is 9.89 Å². The van der Waals surface area contributed by atoms with Crippen LogP contribution < -0.4 is 10.2 Å². The van der Waals surface area contributed by atoms with E-state index in [-0.39, 0.29) is 11.9 Å². The molecule has 3 heterocycles. The molecule has 1 aliphatic heterocycles. The van der Waals surface area contributed by atoms with E-state index in [0.717, 1.165) is 61.5 Å². The minimum absolute atomic E-state index is 0.128. The van der Waals surface area contributed by atoms with E-state index < -0.39 is 0 Å². The molecule has 0 bridgehead atoms. The number of likely N-dealkylation sites (N-methyl/N-ethyl adjacent to an activating group) is 1. The first-order valence-electron chi connectivity index (χ1n) is 13.4. The number of fused-ring (bicyclic) bond motifs is 1. The summed E-state index contributed by atoms with van der Waals surface area (Å²) in [6, 6.07) is 12.1. The third kappa shape index (κ3) is 4.56. The van der Waals surface area contributed by atoms with Crippen LogP contribution in [0.1, 0.15) is 73.4 Å². The van der Waals surface area contributed by atoms with E-state index >= 15 is 0 Å². The summed E-state index contributed by atoms with van der Waals surface area (Å²) in [4.78, 5) is 27.4. The van der Waals surface area contributed by atoms with Gasteiger partial charge in [0.2, 0.25) is 11.9 Å². The number of hydrogen-bond acceptors (Lipinski definition) is 6. The largest absolute Gasteiger partial charge is 0.340 e. The first-order chi connectivity index (χ1) is 17.7. The predicted octanol–water partition coefficient (Wildman–Crippen LogP) is 4.72. The summed E-state index contributed by atoms with van der Waals surface area (Å²) in [5, 5.41) is 11.3. The maximum atomic E-state index is 13.5. The van der Waals surface area contributed by atoms with E-state index in [1.54, 1.807) is 0 Å². The minimum atomic E-state index is -0.231. The number of carbonyl (C=O) groups is 1. The maximum Gasteiger partial charge on any atom is 0.245 e. The Morgan fingerprint density at radius 3 is 2.75 bits per heavy atom. The molecule has 6 rings (SSSR count). The summed E-state index contributed by atoms with van der Waals surface area (Å²) in [7, 11) is 1.89. The van der Waals surface area contributed by atoms with Gasteiger partial charge in [0, 0.05) is 43.4 Å². The monoisotopic (exact) mass is 485 g/mol. The van der Waals surface area contributed by atoms with Crippen molar-refractivity contribution in [2.75, 3.05) is 23.8 Å². The fourth-order valence-electron chi connectivity index (χ4n) is 6.07. The lowest BCUT2D eigenvalue weighted by Crippen LogP contribution is -2.44. The van der Waals surface area contributed by atoms with Crippen LogP contribution in [0, 0.1) is 0 Å². The molecule has 8 nitrogen and oxygen atoms in total. The number of nitrogens with zero attached hydrogens (tertiary/aromatic N) is 5. The molecule has 1 unspecified atom stereocenters. The van der Waals surface area contributed by atoms with E-state index in [0.29, 0.717) is 18.4 Å². The number of anilines is 3. The number of benzene rings is 1. The highest BCUT2D eigenvalue weighted by Crippen LogP contribution is 2.36. The maximum absolute atomic E-state index is 13.5. The van der Waals surface area contributed by atoms with Gasteiger partial charge < -0.3 is 15.1 Å². The van der Waals surface area contributed by atoms with Crippen molar-refractivity contribution in [3.05, 3.63) is 58.9 Å². The molecule has 1 atom stereocenters. The van der Waals surface area contributed by atoms with Gasteiger partial charge in [0.15, 0.2) is 5.82 Å². The highest BCUT2D eigenvalue weighted by atomic mass is 16.2. The molecule has 3 aromatic rings. The number of aryl methyl sites for hydroxylation is 1. The smallest absolute Gasteiger partial charge is 0.245 e. The van der Waals surface area contributed by atoms with Crippen molar-refractivity contribution in [2.24, 2.45) is 0 Å². The molecule has 1 amide bonds.